The fourth-order valence-electron chi connectivity index (χ4n) is 2.26. The van der Waals surface area contributed by atoms with Crippen molar-refractivity contribution in [2.75, 3.05) is 5.32 Å². The van der Waals surface area contributed by atoms with Crippen LogP contribution in [0.4, 0.5) is 5.69 Å². The van der Waals surface area contributed by atoms with E-state index in [2.05, 4.69) is 12.2 Å². The van der Waals surface area contributed by atoms with E-state index >= 15 is 0 Å². The van der Waals surface area contributed by atoms with Crippen molar-refractivity contribution >= 4 is 11.7 Å². The monoisotopic (exact) mass is 233 g/mol. The molecule has 92 valence electrons. The Morgan fingerprint density at radius 1 is 1.47 bits per heavy atom. The molecule has 0 aromatic heterocycles. The molecule has 1 fully saturated rings. The highest BCUT2D eigenvalue weighted by Gasteiger charge is 2.24. The average Bonchev–Trinajstić information content (AvgIpc) is 2.17. The Morgan fingerprint density at radius 3 is 2.71 bits per heavy atom. The minimum absolute atomic E-state index is 0.351. The smallest absolute Gasteiger partial charge is 0.337 e. The third-order valence-corrected chi connectivity index (χ3v) is 3.65. The van der Waals surface area contributed by atoms with E-state index in [0.717, 1.165) is 11.3 Å². The van der Waals surface area contributed by atoms with Gasteiger partial charge in [0.25, 0.3) is 0 Å². The molecule has 1 aliphatic rings. The van der Waals surface area contributed by atoms with Gasteiger partial charge in [0.05, 0.1) is 5.56 Å². The number of carbonyl (C=O) groups is 1. The Labute approximate surface area is 102 Å². The number of hydrogen-bond acceptors (Lipinski definition) is 2. The van der Waals surface area contributed by atoms with Crippen molar-refractivity contribution in [2.24, 2.45) is 5.92 Å². The van der Waals surface area contributed by atoms with Crippen LogP contribution in [-0.4, -0.2) is 17.1 Å². The van der Waals surface area contributed by atoms with Crippen molar-refractivity contribution in [3.8, 4) is 0 Å². The number of carboxylic acids is 1. The number of carboxylic acid groups (broad SMARTS) is 1. The number of benzene rings is 1. The van der Waals surface area contributed by atoms with Gasteiger partial charge in [-0.1, -0.05) is 18.1 Å². The zero-order chi connectivity index (χ0) is 12.4. The largest absolute Gasteiger partial charge is 0.478 e. The molecule has 0 heterocycles. The Bertz CT molecular complexity index is 424. The molecule has 2 N–H and O–H groups in total. The first-order valence-electron chi connectivity index (χ1n) is 6.18. The number of aromatic carboxylic acids is 1. The van der Waals surface area contributed by atoms with Gasteiger partial charge >= 0.3 is 5.97 Å². The first kappa shape index (κ1) is 12.0. The highest BCUT2D eigenvalue weighted by atomic mass is 16.4. The van der Waals surface area contributed by atoms with Crippen LogP contribution in [0.2, 0.25) is 0 Å². The minimum atomic E-state index is -0.864. The predicted molar refractivity (Wildman–Crippen MR) is 68.6 cm³/mol. The van der Waals surface area contributed by atoms with Crippen LogP contribution in [0.25, 0.3) is 0 Å². The second-order valence-corrected chi connectivity index (χ2v) is 4.98. The van der Waals surface area contributed by atoms with Gasteiger partial charge in [-0.15, -0.1) is 0 Å². The first-order valence-corrected chi connectivity index (χ1v) is 6.18. The summed E-state index contributed by atoms with van der Waals surface area (Å²) in [5, 5.41) is 12.5. The summed E-state index contributed by atoms with van der Waals surface area (Å²) in [5.41, 5.74) is 2.09. The standard InChI is InChI=1S/C14H19NO2/c1-9-6-7-13(12(8-9)14(16)17)15-10(2)11-4-3-5-11/h6-8,10-11,15H,3-5H2,1-2H3,(H,16,17). The summed E-state index contributed by atoms with van der Waals surface area (Å²) in [5.74, 6) is -0.171. The molecule has 1 aromatic carbocycles. The van der Waals surface area contributed by atoms with Crippen molar-refractivity contribution in [2.45, 2.75) is 39.2 Å². The second kappa shape index (κ2) is 4.78. The lowest BCUT2D eigenvalue weighted by Crippen LogP contribution is -2.31. The second-order valence-electron chi connectivity index (χ2n) is 4.98. The molecule has 1 aliphatic carbocycles. The van der Waals surface area contributed by atoms with Crippen LogP contribution < -0.4 is 5.32 Å². The zero-order valence-electron chi connectivity index (χ0n) is 10.4. The van der Waals surface area contributed by atoms with E-state index in [1.54, 1.807) is 6.07 Å². The molecule has 0 saturated heterocycles. The van der Waals surface area contributed by atoms with E-state index in [-0.39, 0.29) is 0 Å². The van der Waals surface area contributed by atoms with Gasteiger partial charge in [0.1, 0.15) is 0 Å². The fraction of sp³-hybridized carbons (Fsp3) is 0.500. The van der Waals surface area contributed by atoms with Crippen LogP contribution in [0.5, 0.6) is 0 Å². The summed E-state index contributed by atoms with van der Waals surface area (Å²) in [6, 6.07) is 5.89. The number of anilines is 1. The molecule has 0 aliphatic heterocycles. The molecule has 0 bridgehead atoms. The molecule has 17 heavy (non-hydrogen) atoms. The van der Waals surface area contributed by atoms with Gasteiger partial charge in [0.2, 0.25) is 0 Å². The Morgan fingerprint density at radius 2 is 2.18 bits per heavy atom. The van der Waals surface area contributed by atoms with Crippen molar-refractivity contribution in [1.82, 2.24) is 0 Å². The van der Waals surface area contributed by atoms with E-state index in [1.807, 2.05) is 19.1 Å². The number of hydrogen-bond donors (Lipinski definition) is 2. The van der Waals surface area contributed by atoms with E-state index in [1.165, 1.54) is 19.3 Å². The van der Waals surface area contributed by atoms with Crippen LogP contribution in [0.1, 0.15) is 42.1 Å². The maximum absolute atomic E-state index is 11.2. The van der Waals surface area contributed by atoms with Crippen molar-refractivity contribution < 1.29 is 9.90 Å². The highest BCUT2D eigenvalue weighted by molar-refractivity contribution is 5.94. The van der Waals surface area contributed by atoms with Crippen LogP contribution >= 0.6 is 0 Å². The molecule has 3 heteroatoms. The summed E-state index contributed by atoms with van der Waals surface area (Å²) in [6.45, 7) is 4.04. The lowest BCUT2D eigenvalue weighted by molar-refractivity contribution is 0.0697. The van der Waals surface area contributed by atoms with Gasteiger partial charge < -0.3 is 10.4 Å². The Kier molecular flexibility index (Phi) is 3.36. The van der Waals surface area contributed by atoms with Crippen LogP contribution in [0.15, 0.2) is 18.2 Å². The number of nitrogens with one attached hydrogen (secondary N) is 1. The SMILES string of the molecule is Cc1ccc(NC(C)C2CCC2)c(C(=O)O)c1. The molecule has 1 aromatic rings. The zero-order valence-corrected chi connectivity index (χ0v) is 10.4. The Hall–Kier alpha value is -1.51. The quantitative estimate of drug-likeness (QED) is 0.839. The predicted octanol–water partition coefficient (Wildman–Crippen LogP) is 3.29. The first-order chi connectivity index (χ1) is 8.08. The van der Waals surface area contributed by atoms with Gasteiger partial charge in [-0.2, -0.15) is 0 Å². The maximum Gasteiger partial charge on any atom is 0.337 e. The lowest BCUT2D eigenvalue weighted by Gasteiger charge is -2.32. The van der Waals surface area contributed by atoms with Gasteiger partial charge in [-0.3, -0.25) is 0 Å². The topological polar surface area (TPSA) is 49.3 Å². The average molecular weight is 233 g/mol. The van der Waals surface area contributed by atoms with E-state index in [4.69, 9.17) is 0 Å². The van der Waals surface area contributed by atoms with Gasteiger partial charge in [-0.05, 0) is 44.7 Å². The summed E-state index contributed by atoms with van der Waals surface area (Å²) >= 11 is 0. The summed E-state index contributed by atoms with van der Waals surface area (Å²) < 4.78 is 0. The van der Waals surface area contributed by atoms with Gasteiger partial charge in [0, 0.05) is 11.7 Å². The number of rotatable bonds is 4. The van der Waals surface area contributed by atoms with E-state index in [0.29, 0.717) is 17.5 Å². The lowest BCUT2D eigenvalue weighted by atomic mass is 9.80. The molecule has 0 radical (unpaired) electrons. The third kappa shape index (κ3) is 2.60. The van der Waals surface area contributed by atoms with Crippen LogP contribution in [-0.2, 0) is 0 Å². The third-order valence-electron chi connectivity index (χ3n) is 3.65. The van der Waals surface area contributed by atoms with Crippen molar-refractivity contribution in [3.05, 3.63) is 29.3 Å². The molecule has 2 rings (SSSR count). The molecular weight excluding hydrogens is 214 g/mol. The van der Waals surface area contributed by atoms with E-state index in [9.17, 15) is 9.90 Å². The van der Waals surface area contributed by atoms with Crippen molar-refractivity contribution in [3.63, 3.8) is 0 Å². The van der Waals surface area contributed by atoms with Crippen LogP contribution in [0, 0.1) is 12.8 Å². The van der Waals surface area contributed by atoms with Crippen molar-refractivity contribution in [1.29, 1.82) is 0 Å². The molecule has 3 nitrogen and oxygen atoms in total. The van der Waals surface area contributed by atoms with Gasteiger partial charge in [-0.25, -0.2) is 4.79 Å². The molecule has 0 amide bonds. The van der Waals surface area contributed by atoms with E-state index < -0.39 is 5.97 Å². The summed E-state index contributed by atoms with van der Waals surface area (Å²) in [6.07, 6.45) is 3.81. The maximum atomic E-state index is 11.2. The Balaban J connectivity index is 2.16. The molecule has 1 unspecified atom stereocenters. The molecule has 1 saturated carbocycles. The highest BCUT2D eigenvalue weighted by Crippen LogP contribution is 2.31. The molecule has 1 atom stereocenters. The van der Waals surface area contributed by atoms with Crippen LogP contribution in [0.3, 0.4) is 0 Å². The summed E-state index contributed by atoms with van der Waals surface area (Å²) in [7, 11) is 0. The molecular formula is C14H19NO2. The normalized spacial score (nSPS) is 17.3. The molecule has 0 spiro atoms. The fourth-order valence-corrected chi connectivity index (χ4v) is 2.26. The van der Waals surface area contributed by atoms with Gasteiger partial charge in [0.15, 0.2) is 0 Å². The number of aryl methyl sites for hydroxylation is 1. The minimum Gasteiger partial charge on any atom is -0.478 e. The summed E-state index contributed by atoms with van der Waals surface area (Å²) in [4.78, 5) is 11.2.